The van der Waals surface area contributed by atoms with Crippen molar-refractivity contribution in [2.24, 2.45) is 0 Å². The summed E-state index contributed by atoms with van der Waals surface area (Å²) in [5.74, 6) is 0. The molecule has 8 heteroatoms. The first-order valence-electron chi connectivity index (χ1n) is 5.87. The maximum Gasteiger partial charge on any atom is 0.264 e. The number of thiazole rings is 1. The van der Waals surface area contributed by atoms with E-state index in [0.717, 1.165) is 17.0 Å². The molecule has 1 aromatic carbocycles. The Morgan fingerprint density at radius 2 is 2.15 bits per heavy atom. The Morgan fingerprint density at radius 3 is 2.75 bits per heavy atom. The largest absolute Gasteiger partial charge is 0.399 e. The number of rotatable bonds is 4. The fraction of sp³-hybridized carbons (Fsp3) is 0.250. The summed E-state index contributed by atoms with van der Waals surface area (Å²) in [5, 5.41) is 0.369. The summed E-state index contributed by atoms with van der Waals surface area (Å²) >= 11 is 4.54. The predicted molar refractivity (Wildman–Crippen MR) is 85.6 cm³/mol. The van der Waals surface area contributed by atoms with Crippen molar-refractivity contribution in [1.29, 1.82) is 0 Å². The molecule has 2 rings (SSSR count). The Hall–Kier alpha value is -1.12. The Kier molecular flexibility index (Phi) is 4.36. The van der Waals surface area contributed by atoms with E-state index in [1.165, 1.54) is 17.4 Å². The molecule has 1 aromatic heterocycles. The zero-order chi connectivity index (χ0) is 14.9. The fourth-order valence-electron chi connectivity index (χ4n) is 1.70. The van der Waals surface area contributed by atoms with Gasteiger partial charge in [0.25, 0.3) is 10.0 Å². The van der Waals surface area contributed by atoms with E-state index in [-0.39, 0.29) is 4.90 Å². The average molecular weight is 376 g/mol. The van der Waals surface area contributed by atoms with Crippen LogP contribution in [0.5, 0.6) is 0 Å². The van der Waals surface area contributed by atoms with Gasteiger partial charge in [0.05, 0.1) is 5.69 Å². The van der Waals surface area contributed by atoms with Gasteiger partial charge in [0, 0.05) is 15.0 Å². The molecule has 0 saturated heterocycles. The second-order valence-electron chi connectivity index (χ2n) is 4.17. The summed E-state index contributed by atoms with van der Waals surface area (Å²) in [7, 11) is -3.71. The van der Waals surface area contributed by atoms with Crippen LogP contribution in [0.4, 0.5) is 10.8 Å². The molecule has 0 aliphatic heterocycles. The van der Waals surface area contributed by atoms with Crippen LogP contribution >= 0.6 is 27.3 Å². The second-order valence-corrected chi connectivity index (χ2v) is 7.88. The molecule has 0 radical (unpaired) electrons. The fourth-order valence-corrected chi connectivity index (χ4v) is 4.83. The third-order valence-electron chi connectivity index (χ3n) is 2.69. The minimum Gasteiger partial charge on any atom is -0.399 e. The number of nitrogen functional groups attached to an aromatic ring is 1. The molecule has 2 aromatic rings. The van der Waals surface area contributed by atoms with Crippen LogP contribution < -0.4 is 10.5 Å². The van der Waals surface area contributed by atoms with E-state index in [1.54, 1.807) is 12.1 Å². The van der Waals surface area contributed by atoms with Crippen molar-refractivity contribution in [2.75, 3.05) is 10.5 Å². The van der Waals surface area contributed by atoms with E-state index in [2.05, 4.69) is 25.6 Å². The number of aryl methyl sites for hydroxylation is 2. The highest BCUT2D eigenvalue weighted by molar-refractivity contribution is 9.10. The molecule has 0 spiro atoms. The van der Waals surface area contributed by atoms with Crippen molar-refractivity contribution < 1.29 is 8.42 Å². The molecule has 0 atom stereocenters. The standard InChI is InChI=1S/C12H14BrN3O2S2/c1-3-10-7(2)19-12(15-10)16-20(17,18)11-6-8(14)4-5-9(11)13/h4-6H,3,14H2,1-2H3,(H,15,16). The van der Waals surface area contributed by atoms with Gasteiger partial charge < -0.3 is 5.73 Å². The van der Waals surface area contributed by atoms with Crippen molar-refractivity contribution in [2.45, 2.75) is 25.2 Å². The quantitative estimate of drug-likeness (QED) is 0.803. The summed E-state index contributed by atoms with van der Waals surface area (Å²) in [6.45, 7) is 3.90. The lowest BCUT2D eigenvalue weighted by Gasteiger charge is -2.08. The van der Waals surface area contributed by atoms with Crippen molar-refractivity contribution >= 4 is 48.1 Å². The molecular formula is C12H14BrN3O2S2. The predicted octanol–water partition coefficient (Wildman–Crippen LogP) is 3.16. The van der Waals surface area contributed by atoms with Crippen LogP contribution in [0.15, 0.2) is 27.6 Å². The highest BCUT2D eigenvalue weighted by atomic mass is 79.9. The van der Waals surface area contributed by atoms with Gasteiger partial charge in [-0.2, -0.15) is 0 Å². The normalized spacial score (nSPS) is 11.6. The first-order valence-corrected chi connectivity index (χ1v) is 8.97. The number of nitrogens with zero attached hydrogens (tertiary/aromatic N) is 1. The highest BCUT2D eigenvalue weighted by Crippen LogP contribution is 2.29. The molecule has 0 fully saturated rings. The zero-order valence-electron chi connectivity index (χ0n) is 11.0. The van der Waals surface area contributed by atoms with Crippen LogP contribution in [0.3, 0.4) is 0 Å². The van der Waals surface area contributed by atoms with Crippen LogP contribution in [0.2, 0.25) is 0 Å². The topological polar surface area (TPSA) is 85.1 Å². The maximum absolute atomic E-state index is 12.4. The minimum atomic E-state index is -3.71. The van der Waals surface area contributed by atoms with Crippen LogP contribution in [0.1, 0.15) is 17.5 Å². The SMILES string of the molecule is CCc1nc(NS(=O)(=O)c2cc(N)ccc2Br)sc1C. The van der Waals surface area contributed by atoms with Gasteiger partial charge in [0.15, 0.2) is 5.13 Å². The Bertz CT molecular complexity index is 741. The molecular weight excluding hydrogens is 362 g/mol. The summed E-state index contributed by atoms with van der Waals surface area (Å²) < 4.78 is 27.7. The summed E-state index contributed by atoms with van der Waals surface area (Å²) in [6, 6.07) is 4.65. The number of sulfonamides is 1. The van der Waals surface area contributed by atoms with Crippen molar-refractivity contribution in [3.63, 3.8) is 0 Å². The van der Waals surface area contributed by atoms with E-state index in [0.29, 0.717) is 15.3 Å². The van der Waals surface area contributed by atoms with E-state index in [9.17, 15) is 8.42 Å². The van der Waals surface area contributed by atoms with Crippen LogP contribution in [-0.2, 0) is 16.4 Å². The number of hydrogen-bond donors (Lipinski definition) is 2. The molecule has 1 heterocycles. The van der Waals surface area contributed by atoms with Gasteiger partial charge in [-0.25, -0.2) is 13.4 Å². The van der Waals surface area contributed by atoms with Gasteiger partial charge in [-0.05, 0) is 47.5 Å². The van der Waals surface area contributed by atoms with Crippen LogP contribution in [-0.4, -0.2) is 13.4 Å². The lowest BCUT2D eigenvalue weighted by molar-refractivity contribution is 0.600. The van der Waals surface area contributed by atoms with E-state index < -0.39 is 10.0 Å². The third-order valence-corrected chi connectivity index (χ3v) is 6.08. The molecule has 0 aliphatic carbocycles. The first kappa shape index (κ1) is 15.3. The maximum atomic E-state index is 12.4. The monoisotopic (exact) mass is 375 g/mol. The number of nitrogens with two attached hydrogens (primary N) is 1. The number of benzene rings is 1. The van der Waals surface area contributed by atoms with Crippen molar-refractivity contribution in [1.82, 2.24) is 4.98 Å². The molecule has 108 valence electrons. The molecule has 0 unspecified atom stereocenters. The number of anilines is 2. The van der Waals surface area contributed by atoms with Gasteiger partial charge >= 0.3 is 0 Å². The summed E-state index contributed by atoms with van der Waals surface area (Å²) in [4.78, 5) is 5.38. The molecule has 0 saturated carbocycles. The second kappa shape index (κ2) is 5.71. The highest BCUT2D eigenvalue weighted by Gasteiger charge is 2.20. The third kappa shape index (κ3) is 3.13. The Labute approximate surface area is 130 Å². The molecule has 5 nitrogen and oxygen atoms in total. The number of aromatic nitrogens is 1. The number of halogens is 1. The summed E-state index contributed by atoms with van der Waals surface area (Å²) in [6.07, 6.45) is 0.770. The van der Waals surface area contributed by atoms with Crippen molar-refractivity contribution in [3.8, 4) is 0 Å². The molecule has 3 N–H and O–H groups in total. The zero-order valence-corrected chi connectivity index (χ0v) is 14.2. The average Bonchev–Trinajstić information content (AvgIpc) is 2.71. The Morgan fingerprint density at radius 1 is 1.45 bits per heavy atom. The lowest BCUT2D eigenvalue weighted by atomic mass is 10.3. The molecule has 20 heavy (non-hydrogen) atoms. The van der Waals surface area contributed by atoms with Crippen LogP contribution in [0.25, 0.3) is 0 Å². The van der Waals surface area contributed by atoms with Gasteiger partial charge in [-0.1, -0.05) is 6.92 Å². The van der Waals surface area contributed by atoms with Gasteiger partial charge in [0.1, 0.15) is 4.90 Å². The van der Waals surface area contributed by atoms with Crippen LogP contribution in [0, 0.1) is 6.92 Å². The minimum absolute atomic E-state index is 0.100. The summed E-state index contributed by atoms with van der Waals surface area (Å²) in [5.41, 5.74) is 6.93. The first-order chi connectivity index (χ1) is 9.33. The van der Waals surface area contributed by atoms with Gasteiger partial charge in [0.2, 0.25) is 0 Å². The molecule has 0 amide bonds. The van der Waals surface area contributed by atoms with Gasteiger partial charge in [-0.3, -0.25) is 4.72 Å². The Balaban J connectivity index is 2.37. The molecule has 0 bridgehead atoms. The van der Waals surface area contributed by atoms with Crippen molar-refractivity contribution in [3.05, 3.63) is 33.2 Å². The van der Waals surface area contributed by atoms with Gasteiger partial charge in [-0.15, -0.1) is 11.3 Å². The molecule has 0 aliphatic rings. The van der Waals surface area contributed by atoms with E-state index in [4.69, 9.17) is 5.73 Å². The van der Waals surface area contributed by atoms with E-state index >= 15 is 0 Å². The smallest absolute Gasteiger partial charge is 0.264 e. The lowest BCUT2D eigenvalue weighted by Crippen LogP contribution is -2.13. The number of hydrogen-bond acceptors (Lipinski definition) is 5. The number of nitrogens with one attached hydrogen (secondary N) is 1. The van der Waals surface area contributed by atoms with E-state index in [1.807, 2.05) is 13.8 Å².